The van der Waals surface area contributed by atoms with Crippen LogP contribution >= 0.6 is 22.6 Å². The molecule has 1 fully saturated rings. The third kappa shape index (κ3) is 9.12. The van der Waals surface area contributed by atoms with Crippen molar-refractivity contribution in [3.63, 3.8) is 0 Å². The minimum absolute atomic E-state index is 0.0115. The molecule has 39 heavy (non-hydrogen) atoms. The van der Waals surface area contributed by atoms with E-state index in [0.29, 0.717) is 0 Å². The molecule has 1 aliphatic heterocycles. The van der Waals surface area contributed by atoms with E-state index in [1.807, 2.05) is 22.6 Å². The lowest BCUT2D eigenvalue weighted by Crippen LogP contribution is -2.64. The standard InChI is InChI=1S/C27H40INO9S/c1-25(2,3)22(30)35-15-17-19(37-23(31)26(4,5)6)20(38-24(32)27(7,8)9)18(28)21(36-17)29-39(33,34)16-13-11-10-12-14-16/h10-14,17-21,29H,15H2,1-9H3/t17-,18+,19-,20-,21-/m1/s1. The van der Waals surface area contributed by atoms with Crippen LogP contribution in [0.5, 0.6) is 0 Å². The highest BCUT2D eigenvalue weighted by atomic mass is 127. The van der Waals surface area contributed by atoms with Crippen molar-refractivity contribution >= 4 is 50.5 Å². The number of hydrogen-bond donors (Lipinski definition) is 1. The maximum Gasteiger partial charge on any atom is 0.311 e. The zero-order chi connectivity index (χ0) is 30.0. The van der Waals surface area contributed by atoms with Gasteiger partial charge in [0, 0.05) is 0 Å². The van der Waals surface area contributed by atoms with Crippen LogP contribution in [0.1, 0.15) is 62.3 Å². The first-order valence-electron chi connectivity index (χ1n) is 12.6. The van der Waals surface area contributed by atoms with Gasteiger partial charge in [-0.25, -0.2) is 8.42 Å². The Labute approximate surface area is 245 Å². The van der Waals surface area contributed by atoms with Gasteiger partial charge in [0.25, 0.3) is 0 Å². The van der Waals surface area contributed by atoms with E-state index in [2.05, 4.69) is 4.72 Å². The predicted molar refractivity (Wildman–Crippen MR) is 152 cm³/mol. The van der Waals surface area contributed by atoms with Gasteiger partial charge in [0.15, 0.2) is 12.2 Å². The van der Waals surface area contributed by atoms with Crippen LogP contribution in [0.25, 0.3) is 0 Å². The van der Waals surface area contributed by atoms with Gasteiger partial charge >= 0.3 is 17.9 Å². The summed E-state index contributed by atoms with van der Waals surface area (Å²) in [4.78, 5) is 38.5. The summed E-state index contributed by atoms with van der Waals surface area (Å²) in [6.07, 6.45) is -4.67. The molecule has 0 aliphatic carbocycles. The van der Waals surface area contributed by atoms with Crippen molar-refractivity contribution in [2.24, 2.45) is 16.2 Å². The maximum atomic E-state index is 13.2. The topological polar surface area (TPSA) is 134 Å². The molecule has 0 bridgehead atoms. The van der Waals surface area contributed by atoms with Gasteiger partial charge in [0.05, 0.1) is 25.1 Å². The van der Waals surface area contributed by atoms with Gasteiger partial charge < -0.3 is 18.9 Å². The molecule has 0 radical (unpaired) electrons. The van der Waals surface area contributed by atoms with Crippen molar-refractivity contribution in [2.45, 2.75) is 95.7 Å². The average Bonchev–Trinajstić information content (AvgIpc) is 2.80. The molecule has 2 rings (SSSR count). The lowest BCUT2D eigenvalue weighted by molar-refractivity contribution is -0.221. The molecule has 220 valence electrons. The number of rotatable bonds is 7. The SMILES string of the molecule is CC(C)(C)C(=O)OC[C@H]1O[C@@H](NS(=O)(=O)c2ccccc2)[C@@H](I)[C@@H](OC(=O)C(C)(C)C)[C@@H]1OC(=O)C(C)(C)C. The lowest BCUT2D eigenvalue weighted by atomic mass is 9.94. The second kappa shape index (κ2) is 12.4. The summed E-state index contributed by atoms with van der Waals surface area (Å²) in [5, 5.41) is 0. The van der Waals surface area contributed by atoms with E-state index >= 15 is 0 Å². The third-order valence-electron chi connectivity index (χ3n) is 5.64. The Morgan fingerprint density at radius 1 is 0.821 bits per heavy atom. The van der Waals surface area contributed by atoms with Crippen molar-refractivity contribution in [3.8, 4) is 0 Å². The lowest BCUT2D eigenvalue weighted by Gasteiger charge is -2.44. The van der Waals surface area contributed by atoms with Gasteiger partial charge in [-0.15, -0.1) is 0 Å². The van der Waals surface area contributed by atoms with Crippen molar-refractivity contribution in [1.29, 1.82) is 0 Å². The molecule has 1 N–H and O–H groups in total. The van der Waals surface area contributed by atoms with Gasteiger partial charge in [-0.05, 0) is 74.4 Å². The molecule has 10 nitrogen and oxygen atoms in total. The van der Waals surface area contributed by atoms with Crippen LogP contribution in [-0.4, -0.2) is 61.4 Å². The summed E-state index contributed by atoms with van der Waals surface area (Å²) >= 11 is 1.92. The first-order chi connectivity index (χ1) is 17.6. The van der Waals surface area contributed by atoms with Crippen molar-refractivity contribution < 1.29 is 41.7 Å². The zero-order valence-corrected chi connectivity index (χ0v) is 26.9. The highest BCUT2D eigenvalue weighted by Crippen LogP contribution is 2.34. The fourth-order valence-electron chi connectivity index (χ4n) is 3.20. The number of benzene rings is 1. The number of alkyl halides is 1. The molecule has 0 saturated carbocycles. The first-order valence-corrected chi connectivity index (χ1v) is 15.3. The molecule has 5 atom stereocenters. The second-order valence-corrected chi connectivity index (χ2v) is 15.7. The van der Waals surface area contributed by atoms with E-state index < -0.39 is 72.6 Å². The number of halogens is 1. The molecule has 0 spiro atoms. The number of hydrogen-bond acceptors (Lipinski definition) is 9. The first kappa shape index (κ1) is 33.4. The summed E-state index contributed by atoms with van der Waals surface area (Å²) in [6, 6.07) is 7.72. The second-order valence-electron chi connectivity index (χ2n) is 12.6. The largest absolute Gasteiger partial charge is 0.462 e. The number of nitrogens with one attached hydrogen (secondary N) is 1. The van der Waals surface area contributed by atoms with Crippen LogP contribution < -0.4 is 4.72 Å². The Hall–Kier alpha value is -1.77. The van der Waals surface area contributed by atoms with Crippen molar-refractivity contribution in [3.05, 3.63) is 30.3 Å². The summed E-state index contributed by atoms with van der Waals surface area (Å²) in [6.45, 7) is 14.7. The molecule has 0 amide bonds. The summed E-state index contributed by atoms with van der Waals surface area (Å²) in [5.41, 5.74) is -2.64. The molecule has 1 aromatic carbocycles. The van der Waals surface area contributed by atoms with Crippen LogP contribution in [0.15, 0.2) is 35.2 Å². The van der Waals surface area contributed by atoms with Gasteiger partial charge in [-0.1, -0.05) is 40.8 Å². The highest BCUT2D eigenvalue weighted by molar-refractivity contribution is 14.1. The average molecular weight is 682 g/mol. The monoisotopic (exact) mass is 681 g/mol. The smallest absolute Gasteiger partial charge is 0.311 e. The molecule has 12 heteroatoms. The molecule has 1 aromatic rings. The Morgan fingerprint density at radius 3 is 1.74 bits per heavy atom. The van der Waals surface area contributed by atoms with Crippen LogP contribution in [0.2, 0.25) is 0 Å². The minimum atomic E-state index is -4.05. The van der Waals surface area contributed by atoms with Gasteiger partial charge in [0.2, 0.25) is 10.0 Å². The maximum absolute atomic E-state index is 13.2. The molecular formula is C27H40INO9S. The van der Waals surface area contributed by atoms with E-state index in [9.17, 15) is 22.8 Å². The summed E-state index contributed by atoms with van der Waals surface area (Å²) in [5.74, 6) is -1.71. The molecule has 0 unspecified atom stereocenters. The number of esters is 3. The van der Waals surface area contributed by atoms with E-state index in [1.165, 1.54) is 12.1 Å². The fraction of sp³-hybridized carbons (Fsp3) is 0.667. The van der Waals surface area contributed by atoms with E-state index in [0.717, 1.165) is 0 Å². The number of carbonyl (C=O) groups excluding carboxylic acids is 3. The third-order valence-corrected chi connectivity index (χ3v) is 8.44. The van der Waals surface area contributed by atoms with Gasteiger partial charge in [-0.3, -0.25) is 14.4 Å². The Kier molecular flexibility index (Phi) is 10.6. The molecule has 1 saturated heterocycles. The molecular weight excluding hydrogens is 641 g/mol. The van der Waals surface area contributed by atoms with Gasteiger partial charge in [0.1, 0.15) is 18.9 Å². The highest BCUT2D eigenvalue weighted by Gasteiger charge is 2.52. The zero-order valence-electron chi connectivity index (χ0n) is 23.9. The number of carbonyl (C=O) groups is 3. The Balaban J connectivity index is 2.52. The van der Waals surface area contributed by atoms with Crippen LogP contribution in [0, 0.1) is 16.2 Å². The van der Waals surface area contributed by atoms with E-state index in [4.69, 9.17) is 18.9 Å². The molecule has 1 heterocycles. The Bertz CT molecular complexity index is 1130. The minimum Gasteiger partial charge on any atom is -0.462 e. The van der Waals surface area contributed by atoms with Crippen LogP contribution in [0.3, 0.4) is 0 Å². The summed E-state index contributed by atoms with van der Waals surface area (Å²) in [7, 11) is -4.05. The normalized spacial score (nSPS) is 24.5. The van der Waals surface area contributed by atoms with Crippen LogP contribution in [-0.2, 0) is 43.4 Å². The van der Waals surface area contributed by atoms with E-state index in [1.54, 1.807) is 80.5 Å². The molecule has 0 aromatic heterocycles. The quantitative estimate of drug-likeness (QED) is 0.196. The van der Waals surface area contributed by atoms with Crippen molar-refractivity contribution in [1.82, 2.24) is 4.72 Å². The van der Waals surface area contributed by atoms with E-state index in [-0.39, 0.29) is 11.5 Å². The van der Waals surface area contributed by atoms with Crippen molar-refractivity contribution in [2.75, 3.05) is 6.61 Å². The van der Waals surface area contributed by atoms with Gasteiger partial charge in [-0.2, -0.15) is 4.72 Å². The fourth-order valence-corrected chi connectivity index (χ4v) is 5.51. The number of ether oxygens (including phenoxy) is 4. The molecule has 1 aliphatic rings. The van der Waals surface area contributed by atoms with Crippen LogP contribution in [0.4, 0.5) is 0 Å². The Morgan fingerprint density at radius 2 is 1.28 bits per heavy atom. The summed E-state index contributed by atoms with van der Waals surface area (Å²) < 4.78 is 51.3. The number of sulfonamides is 1. The predicted octanol–water partition coefficient (Wildman–Crippen LogP) is 4.00.